The van der Waals surface area contributed by atoms with Crippen molar-refractivity contribution < 1.29 is 74.1 Å². The number of piperidine rings is 1. The Morgan fingerprint density at radius 2 is 1.93 bits per heavy atom. The summed E-state index contributed by atoms with van der Waals surface area (Å²) in [5, 5.41) is 84.2. The fraction of sp³-hybridized carbons (Fsp3) is 0.704. The minimum Gasteiger partial charge on any atom is -0.481 e. The van der Waals surface area contributed by atoms with Crippen LogP contribution in [0.3, 0.4) is 0 Å². The van der Waals surface area contributed by atoms with E-state index in [2.05, 4.69) is 16.6 Å². The van der Waals surface area contributed by atoms with Crippen LogP contribution in [0.5, 0.6) is 0 Å². The Labute approximate surface area is 253 Å². The monoisotopic (exact) mass is 634 g/mol. The molecule has 2 fully saturated rings. The van der Waals surface area contributed by atoms with E-state index in [9.17, 15) is 50.4 Å². The van der Waals surface area contributed by atoms with Gasteiger partial charge in [0.15, 0.2) is 19.2 Å². The van der Waals surface area contributed by atoms with E-state index in [1.165, 1.54) is 25.3 Å². The molecule has 0 radical (unpaired) electrons. The number of carboxylic acids is 1. The van der Waals surface area contributed by atoms with E-state index in [4.69, 9.17) is 18.9 Å². The number of aliphatic hydroxyl groups is 7. The van der Waals surface area contributed by atoms with Gasteiger partial charge in [-0.05, 0) is 19.4 Å². The molecular formula is C27H42N2O15. The van der Waals surface area contributed by atoms with E-state index in [1.54, 1.807) is 4.90 Å². The summed E-state index contributed by atoms with van der Waals surface area (Å²) in [5.41, 5.74) is -2.77. The summed E-state index contributed by atoms with van der Waals surface area (Å²) in [6.45, 7) is 2.20. The van der Waals surface area contributed by atoms with Crippen LogP contribution in [0.15, 0.2) is 36.6 Å². The summed E-state index contributed by atoms with van der Waals surface area (Å²) in [4.78, 5) is 26.3. The van der Waals surface area contributed by atoms with Gasteiger partial charge in [0.05, 0.1) is 31.8 Å². The molecule has 0 spiro atoms. The third kappa shape index (κ3) is 7.82. The molecule has 3 heterocycles. The summed E-state index contributed by atoms with van der Waals surface area (Å²) in [6, 6.07) is 0. The highest BCUT2D eigenvalue weighted by molar-refractivity contribution is 5.91. The summed E-state index contributed by atoms with van der Waals surface area (Å²) < 4.78 is 27.1. The number of β-amino-alcohol motifs (C(OH)–C–C–N with tert-alkyl or cyclic N) is 1. The Hall–Kier alpha value is -2.52. The van der Waals surface area contributed by atoms with Crippen LogP contribution in [-0.2, 0) is 33.3 Å². The summed E-state index contributed by atoms with van der Waals surface area (Å²) in [7, 11) is 1.50. The van der Waals surface area contributed by atoms with Crippen molar-refractivity contribution in [3.63, 3.8) is 0 Å². The van der Waals surface area contributed by atoms with Crippen molar-refractivity contribution in [2.24, 2.45) is 17.8 Å². The van der Waals surface area contributed by atoms with Gasteiger partial charge in [-0.2, -0.15) is 0 Å². The van der Waals surface area contributed by atoms with Crippen LogP contribution in [0.2, 0.25) is 0 Å². The molecule has 250 valence electrons. The number of aliphatic hydroxyl groups excluding tert-OH is 4. The zero-order valence-electron chi connectivity index (χ0n) is 24.2. The van der Waals surface area contributed by atoms with Gasteiger partial charge in [-0.3, -0.25) is 15.0 Å². The first-order chi connectivity index (χ1) is 20.9. The standard InChI is InChI=1S/C27H42N2O15/c1-3-17-24(44-25-21(41-13-28-2)27(38,39)20(33)19(11-31)43-25)40-12-18(23(36)42-14-32)26(17,37)5-4-15-8-16(22(34)35)10-29(9-15)6-7-30/h3-5,12,15-17,19-21,24-25,28,30-33,37-39H,1,6-11,13-14H2,2H3,(H,34,35)/t15?,16?,17-,19+,20+,21+,24+,25-,26+/m0/s1. The van der Waals surface area contributed by atoms with E-state index in [1.807, 2.05) is 0 Å². The molecule has 17 heteroatoms. The zero-order valence-corrected chi connectivity index (χ0v) is 24.2. The lowest BCUT2D eigenvalue weighted by Crippen LogP contribution is -2.69. The fourth-order valence-electron chi connectivity index (χ4n) is 5.53. The van der Waals surface area contributed by atoms with Gasteiger partial charge < -0.3 is 64.5 Å². The van der Waals surface area contributed by atoms with Crippen LogP contribution < -0.4 is 5.32 Å². The van der Waals surface area contributed by atoms with Gasteiger partial charge in [-0.15, -0.1) is 6.58 Å². The van der Waals surface area contributed by atoms with E-state index >= 15 is 0 Å². The number of carboxylic acid groups (broad SMARTS) is 1. The normalized spacial score (nSPS) is 36.0. The van der Waals surface area contributed by atoms with Crippen molar-refractivity contribution in [1.82, 2.24) is 10.2 Å². The quantitative estimate of drug-likeness (QED) is 0.0503. The van der Waals surface area contributed by atoms with Gasteiger partial charge in [0.1, 0.15) is 29.6 Å². The molecule has 3 aliphatic rings. The number of aliphatic carboxylic acids is 1. The number of likely N-dealkylation sites (tertiary alicyclic amines) is 1. The van der Waals surface area contributed by atoms with Crippen LogP contribution >= 0.6 is 0 Å². The molecular weight excluding hydrogens is 592 g/mol. The molecule has 2 unspecified atom stereocenters. The Morgan fingerprint density at radius 3 is 2.52 bits per heavy atom. The van der Waals surface area contributed by atoms with E-state index in [0.29, 0.717) is 6.54 Å². The topological polar surface area (TPSA) is 257 Å². The average Bonchev–Trinajstić information content (AvgIpc) is 2.98. The van der Waals surface area contributed by atoms with Gasteiger partial charge >= 0.3 is 11.9 Å². The zero-order chi connectivity index (χ0) is 32.7. The number of ether oxygens (including phenoxy) is 5. The first-order valence-corrected chi connectivity index (χ1v) is 13.9. The van der Waals surface area contributed by atoms with Crippen molar-refractivity contribution in [2.45, 2.75) is 48.7 Å². The van der Waals surface area contributed by atoms with E-state index in [0.717, 1.165) is 6.26 Å². The summed E-state index contributed by atoms with van der Waals surface area (Å²) >= 11 is 0. The van der Waals surface area contributed by atoms with Crippen molar-refractivity contribution in [3.05, 3.63) is 36.6 Å². The first-order valence-electron chi connectivity index (χ1n) is 13.9. The number of hydrogen-bond donors (Lipinski definition) is 9. The van der Waals surface area contributed by atoms with Gasteiger partial charge in [-0.25, -0.2) is 4.79 Å². The maximum absolute atomic E-state index is 12.8. The third-order valence-electron chi connectivity index (χ3n) is 7.79. The van der Waals surface area contributed by atoms with Crippen LogP contribution in [0.25, 0.3) is 0 Å². The lowest BCUT2D eigenvalue weighted by Gasteiger charge is -2.48. The Morgan fingerprint density at radius 1 is 1.20 bits per heavy atom. The molecule has 0 bridgehead atoms. The number of nitrogens with one attached hydrogen (secondary N) is 1. The first kappa shape index (κ1) is 36.0. The Balaban J connectivity index is 1.97. The number of nitrogens with zero attached hydrogens (tertiary/aromatic N) is 1. The Bertz CT molecular complexity index is 1050. The summed E-state index contributed by atoms with van der Waals surface area (Å²) in [5.74, 6) is -7.72. The maximum atomic E-state index is 12.8. The predicted octanol–water partition coefficient (Wildman–Crippen LogP) is -3.84. The molecule has 17 nitrogen and oxygen atoms in total. The number of hydrogen-bond acceptors (Lipinski definition) is 16. The minimum atomic E-state index is -2.98. The molecule has 9 N–H and O–H groups in total. The molecule has 0 aliphatic carbocycles. The molecule has 0 aromatic heterocycles. The number of carbonyl (C=O) groups is 2. The smallest absolute Gasteiger partial charge is 0.342 e. The highest BCUT2D eigenvalue weighted by Gasteiger charge is 2.58. The number of carbonyl (C=O) groups excluding carboxylic acids is 1. The average molecular weight is 635 g/mol. The van der Waals surface area contributed by atoms with Gasteiger partial charge in [0.2, 0.25) is 12.1 Å². The minimum absolute atomic E-state index is 0.194. The lowest BCUT2D eigenvalue weighted by molar-refractivity contribution is -0.412. The largest absolute Gasteiger partial charge is 0.481 e. The highest BCUT2D eigenvalue weighted by atomic mass is 16.8. The Kier molecular flexibility index (Phi) is 12.8. The second kappa shape index (κ2) is 15.7. The fourth-order valence-corrected chi connectivity index (χ4v) is 5.53. The van der Waals surface area contributed by atoms with Crippen molar-refractivity contribution in [3.8, 4) is 0 Å². The van der Waals surface area contributed by atoms with Crippen LogP contribution in [-0.4, -0.2) is 153 Å². The second-order valence-electron chi connectivity index (χ2n) is 10.7. The molecule has 3 rings (SSSR count). The van der Waals surface area contributed by atoms with Gasteiger partial charge in [0.25, 0.3) is 0 Å². The van der Waals surface area contributed by atoms with E-state index in [-0.39, 0.29) is 32.8 Å². The van der Waals surface area contributed by atoms with E-state index < -0.39 is 90.9 Å². The maximum Gasteiger partial charge on any atom is 0.342 e. The predicted molar refractivity (Wildman–Crippen MR) is 145 cm³/mol. The molecule has 44 heavy (non-hydrogen) atoms. The molecule has 0 aromatic rings. The molecule has 2 saturated heterocycles. The number of esters is 1. The number of rotatable bonds is 14. The van der Waals surface area contributed by atoms with Gasteiger partial charge in [0, 0.05) is 19.6 Å². The highest BCUT2D eigenvalue weighted by Crippen LogP contribution is 2.41. The van der Waals surface area contributed by atoms with Crippen molar-refractivity contribution in [1.29, 1.82) is 0 Å². The summed E-state index contributed by atoms with van der Waals surface area (Å²) in [6.07, 6.45) is -3.66. The second-order valence-corrected chi connectivity index (χ2v) is 10.7. The van der Waals surface area contributed by atoms with Crippen LogP contribution in [0, 0.1) is 17.8 Å². The molecule has 0 saturated carbocycles. The molecule has 0 amide bonds. The van der Waals surface area contributed by atoms with Crippen LogP contribution in [0.1, 0.15) is 6.42 Å². The third-order valence-corrected chi connectivity index (χ3v) is 7.79. The van der Waals surface area contributed by atoms with Crippen LogP contribution in [0.4, 0.5) is 0 Å². The molecule has 0 aromatic carbocycles. The van der Waals surface area contributed by atoms with Crippen molar-refractivity contribution >= 4 is 11.9 Å². The van der Waals surface area contributed by atoms with Crippen molar-refractivity contribution in [2.75, 3.05) is 53.4 Å². The van der Waals surface area contributed by atoms with Gasteiger partial charge in [-0.1, -0.05) is 18.2 Å². The molecule has 3 aliphatic heterocycles. The molecule has 9 atom stereocenters. The lowest BCUT2D eigenvalue weighted by atomic mass is 9.77. The SMILES string of the molecule is C=C[C@H]1[C@@H](O[C@@H]2O[C@H](CO)[C@@H](O)C(O)(O)[C@@H]2OCNC)OC=C(C(=O)OCO)[C@@]1(O)C=CC1CC(C(=O)O)CN(CCO)C1.